The minimum atomic E-state index is 0.456. The summed E-state index contributed by atoms with van der Waals surface area (Å²) in [7, 11) is 0. The molecule has 0 saturated heterocycles. The summed E-state index contributed by atoms with van der Waals surface area (Å²) in [6.45, 7) is 0. The molecule has 0 unspecified atom stereocenters. The van der Waals surface area contributed by atoms with Crippen molar-refractivity contribution in [3.8, 4) is 0 Å². The van der Waals surface area contributed by atoms with Crippen LogP contribution in [-0.4, -0.2) is 11.6 Å². The van der Waals surface area contributed by atoms with Crippen LogP contribution in [0.5, 0.6) is 0 Å². The second kappa shape index (κ2) is 10.3. The average Bonchev–Trinajstić information content (AvgIpc) is 2.35. The molecule has 0 amide bonds. The fourth-order valence-electron chi connectivity index (χ4n) is 2.60. The summed E-state index contributed by atoms with van der Waals surface area (Å²) >= 11 is 0. The topological polar surface area (TPSA) is 34.1 Å². The zero-order valence-corrected chi connectivity index (χ0v) is 11.7. The SMILES string of the molecule is O=C1CCCCCCCC(=O)CCCCCCC1. The van der Waals surface area contributed by atoms with Gasteiger partial charge < -0.3 is 0 Å². The van der Waals surface area contributed by atoms with Crippen LogP contribution in [0.15, 0.2) is 0 Å². The van der Waals surface area contributed by atoms with E-state index in [0.29, 0.717) is 11.6 Å². The van der Waals surface area contributed by atoms with Gasteiger partial charge in [0.25, 0.3) is 0 Å². The Morgan fingerprint density at radius 3 is 0.889 bits per heavy atom. The number of hydrogen-bond acceptors (Lipinski definition) is 2. The molecular formula is C16H28O2. The third-order valence-corrected chi connectivity index (χ3v) is 3.82. The number of rotatable bonds is 0. The van der Waals surface area contributed by atoms with Crippen molar-refractivity contribution in [2.24, 2.45) is 0 Å². The molecule has 104 valence electrons. The lowest BCUT2D eigenvalue weighted by Gasteiger charge is -2.05. The predicted molar refractivity (Wildman–Crippen MR) is 74.7 cm³/mol. The van der Waals surface area contributed by atoms with Crippen molar-refractivity contribution < 1.29 is 9.59 Å². The van der Waals surface area contributed by atoms with Gasteiger partial charge in [0.15, 0.2) is 0 Å². The standard InChI is InChI=1S/C16H28O2/c17-15-11-7-3-1-4-8-12-16(18)14-10-6-2-5-9-13-15/h1-14H2. The Labute approximate surface area is 112 Å². The van der Waals surface area contributed by atoms with E-state index in [9.17, 15) is 9.59 Å². The first-order valence-electron chi connectivity index (χ1n) is 7.82. The van der Waals surface area contributed by atoms with Crippen LogP contribution < -0.4 is 0 Å². The Bertz CT molecular complexity index is 199. The minimum absolute atomic E-state index is 0.456. The molecule has 0 atom stereocenters. The third-order valence-electron chi connectivity index (χ3n) is 3.82. The third kappa shape index (κ3) is 8.43. The molecular weight excluding hydrogens is 224 g/mol. The summed E-state index contributed by atoms with van der Waals surface area (Å²) in [5.41, 5.74) is 0. The maximum Gasteiger partial charge on any atom is 0.132 e. The van der Waals surface area contributed by atoms with E-state index in [-0.39, 0.29) is 0 Å². The van der Waals surface area contributed by atoms with Gasteiger partial charge in [-0.05, 0) is 25.7 Å². The molecule has 1 saturated carbocycles. The molecule has 1 fully saturated rings. The van der Waals surface area contributed by atoms with E-state index in [1.165, 1.54) is 12.8 Å². The van der Waals surface area contributed by atoms with Crippen molar-refractivity contribution in [3.63, 3.8) is 0 Å². The Morgan fingerprint density at radius 1 is 0.389 bits per heavy atom. The molecule has 0 radical (unpaired) electrons. The molecule has 1 aliphatic rings. The van der Waals surface area contributed by atoms with Crippen LogP contribution in [0.3, 0.4) is 0 Å². The number of ketones is 2. The first-order valence-corrected chi connectivity index (χ1v) is 7.82. The molecule has 18 heavy (non-hydrogen) atoms. The molecule has 1 aliphatic carbocycles. The molecule has 0 aromatic carbocycles. The first kappa shape index (κ1) is 15.4. The summed E-state index contributed by atoms with van der Waals surface area (Å²) in [6.07, 6.45) is 14.3. The van der Waals surface area contributed by atoms with Crippen molar-refractivity contribution in [2.75, 3.05) is 0 Å². The van der Waals surface area contributed by atoms with Gasteiger partial charge in [0.1, 0.15) is 11.6 Å². The number of Topliss-reactive ketones (excluding diaryl/α,β-unsaturated/α-hetero) is 2. The van der Waals surface area contributed by atoms with E-state index in [1.807, 2.05) is 0 Å². The fraction of sp³-hybridized carbons (Fsp3) is 0.875. The minimum Gasteiger partial charge on any atom is -0.300 e. The van der Waals surface area contributed by atoms with Crippen LogP contribution in [0, 0.1) is 0 Å². The number of hydrogen-bond donors (Lipinski definition) is 0. The predicted octanol–water partition coefficient (Wildman–Crippen LogP) is 4.60. The molecule has 2 heteroatoms. The molecule has 1 rings (SSSR count). The Hall–Kier alpha value is -0.660. The van der Waals surface area contributed by atoms with Gasteiger partial charge in [0.05, 0.1) is 0 Å². The molecule has 0 aromatic rings. The highest BCUT2D eigenvalue weighted by atomic mass is 16.1. The van der Waals surface area contributed by atoms with Gasteiger partial charge in [-0.1, -0.05) is 38.5 Å². The monoisotopic (exact) mass is 252 g/mol. The second-order valence-corrected chi connectivity index (χ2v) is 5.61. The van der Waals surface area contributed by atoms with Crippen LogP contribution in [-0.2, 0) is 9.59 Å². The normalized spacial score (nSPS) is 22.9. The zero-order valence-electron chi connectivity index (χ0n) is 11.7. The van der Waals surface area contributed by atoms with E-state index in [0.717, 1.165) is 77.0 Å². The van der Waals surface area contributed by atoms with E-state index in [4.69, 9.17) is 0 Å². The molecule has 0 bridgehead atoms. The highest BCUT2D eigenvalue weighted by Crippen LogP contribution is 2.14. The molecule has 0 aliphatic heterocycles. The van der Waals surface area contributed by atoms with E-state index in [2.05, 4.69) is 0 Å². The number of carbonyl (C=O) groups excluding carboxylic acids is 2. The largest absolute Gasteiger partial charge is 0.300 e. The lowest BCUT2D eigenvalue weighted by Crippen LogP contribution is -2.00. The summed E-state index contributed by atoms with van der Waals surface area (Å²) in [5.74, 6) is 0.912. The quantitative estimate of drug-likeness (QED) is 0.631. The maximum atomic E-state index is 11.6. The number of carbonyl (C=O) groups is 2. The smallest absolute Gasteiger partial charge is 0.132 e. The van der Waals surface area contributed by atoms with Crippen molar-refractivity contribution in [1.82, 2.24) is 0 Å². The van der Waals surface area contributed by atoms with Gasteiger partial charge in [0, 0.05) is 25.7 Å². The van der Waals surface area contributed by atoms with Gasteiger partial charge in [-0.3, -0.25) is 9.59 Å². The van der Waals surface area contributed by atoms with Crippen LogP contribution in [0.2, 0.25) is 0 Å². The molecule has 2 nitrogen and oxygen atoms in total. The van der Waals surface area contributed by atoms with E-state index < -0.39 is 0 Å². The first-order chi connectivity index (χ1) is 8.79. The second-order valence-electron chi connectivity index (χ2n) is 5.61. The maximum absolute atomic E-state index is 11.6. The summed E-state index contributed by atoms with van der Waals surface area (Å²) in [6, 6.07) is 0. The van der Waals surface area contributed by atoms with Crippen LogP contribution in [0.25, 0.3) is 0 Å². The summed E-state index contributed by atoms with van der Waals surface area (Å²) in [4.78, 5) is 23.1. The van der Waals surface area contributed by atoms with Gasteiger partial charge in [-0.15, -0.1) is 0 Å². The highest BCUT2D eigenvalue weighted by Gasteiger charge is 2.05. The lowest BCUT2D eigenvalue weighted by atomic mass is 10.0. The zero-order chi connectivity index (χ0) is 13.1. The summed E-state index contributed by atoms with van der Waals surface area (Å²) in [5, 5.41) is 0. The summed E-state index contributed by atoms with van der Waals surface area (Å²) < 4.78 is 0. The van der Waals surface area contributed by atoms with Crippen molar-refractivity contribution in [1.29, 1.82) is 0 Å². The Balaban J connectivity index is 2.21. The Kier molecular flexibility index (Phi) is 8.79. The van der Waals surface area contributed by atoms with Gasteiger partial charge in [0.2, 0.25) is 0 Å². The van der Waals surface area contributed by atoms with Crippen LogP contribution in [0.1, 0.15) is 89.9 Å². The molecule has 0 aromatic heterocycles. The van der Waals surface area contributed by atoms with Crippen molar-refractivity contribution >= 4 is 11.6 Å². The highest BCUT2D eigenvalue weighted by molar-refractivity contribution is 5.78. The molecule has 0 N–H and O–H groups in total. The van der Waals surface area contributed by atoms with Crippen molar-refractivity contribution in [3.05, 3.63) is 0 Å². The van der Waals surface area contributed by atoms with Crippen LogP contribution in [0.4, 0.5) is 0 Å². The van der Waals surface area contributed by atoms with Gasteiger partial charge in [-0.25, -0.2) is 0 Å². The van der Waals surface area contributed by atoms with Crippen molar-refractivity contribution in [2.45, 2.75) is 89.9 Å². The van der Waals surface area contributed by atoms with Crippen LogP contribution >= 0.6 is 0 Å². The average molecular weight is 252 g/mol. The van der Waals surface area contributed by atoms with Gasteiger partial charge in [-0.2, -0.15) is 0 Å². The fourth-order valence-corrected chi connectivity index (χ4v) is 2.60. The molecule has 0 spiro atoms. The Morgan fingerprint density at radius 2 is 0.611 bits per heavy atom. The van der Waals surface area contributed by atoms with Gasteiger partial charge >= 0.3 is 0 Å². The van der Waals surface area contributed by atoms with E-state index in [1.54, 1.807) is 0 Å². The van der Waals surface area contributed by atoms with E-state index >= 15 is 0 Å². The lowest BCUT2D eigenvalue weighted by molar-refractivity contribution is -0.119. The molecule has 0 heterocycles.